The molecule has 1 aliphatic heterocycles. The van der Waals surface area contributed by atoms with Crippen molar-refractivity contribution in [2.45, 2.75) is 24.7 Å². The molecule has 0 saturated heterocycles. The topological polar surface area (TPSA) is 3.24 Å². The van der Waals surface area contributed by atoms with Crippen molar-refractivity contribution in [2.75, 3.05) is 4.90 Å². The number of fused-ring (bicyclic) bond motifs is 18. The number of nitrogens with zero attached hydrogens (tertiary/aromatic N) is 1. The molecule has 0 atom stereocenters. The Hall–Kier alpha value is -4.70. The number of anilines is 3. The van der Waals surface area contributed by atoms with Gasteiger partial charge in [-0.3, -0.25) is 0 Å². The summed E-state index contributed by atoms with van der Waals surface area (Å²) in [6.07, 6.45) is 0. The van der Waals surface area contributed by atoms with Gasteiger partial charge in [-0.1, -0.05) is 0 Å². The zero-order valence-corrected chi connectivity index (χ0v) is 30.8. The zero-order chi connectivity index (χ0) is 32.9. The standard InChI is InChI=1S/C46H29NS2Se/c1-45(2)31-13-5-3-11-30(31)40-28-12-9-16-37(26(28)18-20-33(40)45)47-38-15-7-6-14-32(38)46(35-22-24-48-42(35)43-36(46)23-25-49-43)34-21-19-29-27-10-4-8-17-39(27)50-44(29)41(34)47/h3-25H,1-2H3. The first kappa shape index (κ1) is 28.0. The van der Waals surface area contributed by atoms with Crippen LogP contribution in [0.3, 0.4) is 0 Å². The molecule has 3 aliphatic rings. The molecule has 0 saturated carbocycles. The van der Waals surface area contributed by atoms with E-state index in [1.54, 1.807) is 0 Å². The van der Waals surface area contributed by atoms with Gasteiger partial charge in [-0.2, -0.15) is 0 Å². The average molecular weight is 739 g/mol. The first-order valence-corrected chi connectivity index (χ1v) is 20.7. The minimum absolute atomic E-state index is 0.0408. The number of hydrogen-bond donors (Lipinski definition) is 0. The third-order valence-corrected chi connectivity index (χ3v) is 16.4. The van der Waals surface area contributed by atoms with Gasteiger partial charge < -0.3 is 0 Å². The summed E-state index contributed by atoms with van der Waals surface area (Å²) < 4.78 is 2.97. The fourth-order valence-corrected chi connectivity index (χ4v) is 14.5. The summed E-state index contributed by atoms with van der Waals surface area (Å²) in [5, 5.41) is 10.0. The fourth-order valence-electron chi connectivity index (χ4n) is 9.83. The first-order chi connectivity index (χ1) is 24.6. The summed E-state index contributed by atoms with van der Waals surface area (Å²) in [5.41, 5.74) is 14.8. The van der Waals surface area contributed by atoms with Gasteiger partial charge in [-0.15, -0.1) is 0 Å². The molecule has 6 aromatic carbocycles. The van der Waals surface area contributed by atoms with Crippen LogP contribution >= 0.6 is 22.7 Å². The van der Waals surface area contributed by atoms with Crippen LogP contribution in [0.1, 0.15) is 47.2 Å². The molecule has 1 spiro atoms. The van der Waals surface area contributed by atoms with E-state index in [2.05, 4.69) is 157 Å². The molecule has 0 bridgehead atoms. The van der Waals surface area contributed by atoms with Crippen molar-refractivity contribution < 1.29 is 0 Å². The Balaban J connectivity index is 1.25. The molecule has 0 radical (unpaired) electrons. The molecule has 0 unspecified atom stereocenters. The Kier molecular flexibility index (Phi) is 5.35. The predicted octanol–water partition coefficient (Wildman–Crippen LogP) is 12.8. The van der Waals surface area contributed by atoms with E-state index in [4.69, 9.17) is 0 Å². The van der Waals surface area contributed by atoms with Gasteiger partial charge in [0.1, 0.15) is 0 Å². The second-order valence-electron chi connectivity index (χ2n) is 14.4. The molecule has 50 heavy (non-hydrogen) atoms. The molecule has 0 amide bonds. The average Bonchev–Trinajstić information content (AvgIpc) is 3.97. The summed E-state index contributed by atoms with van der Waals surface area (Å²) in [4.78, 5) is 5.53. The molecule has 2 aliphatic carbocycles. The third kappa shape index (κ3) is 3.17. The second-order valence-corrected chi connectivity index (χ2v) is 18.4. The van der Waals surface area contributed by atoms with Crippen LogP contribution in [0.25, 0.3) is 50.9 Å². The fraction of sp³-hybridized carbons (Fsp3) is 0.0870. The van der Waals surface area contributed by atoms with Crippen LogP contribution in [0.15, 0.2) is 138 Å². The summed E-state index contributed by atoms with van der Waals surface area (Å²) in [6, 6.07) is 49.0. The van der Waals surface area contributed by atoms with Crippen LogP contribution in [0.4, 0.5) is 17.1 Å². The summed E-state index contributed by atoms with van der Waals surface area (Å²) in [7, 11) is 0. The maximum absolute atomic E-state index is 2.67. The van der Waals surface area contributed by atoms with Gasteiger partial charge in [0, 0.05) is 0 Å². The number of para-hydroxylation sites is 1. The summed E-state index contributed by atoms with van der Waals surface area (Å²) in [6.45, 7) is 4.76. The zero-order valence-electron chi connectivity index (χ0n) is 27.5. The van der Waals surface area contributed by atoms with E-state index in [0.29, 0.717) is 0 Å². The quantitative estimate of drug-likeness (QED) is 0.152. The van der Waals surface area contributed by atoms with Crippen LogP contribution in [-0.4, -0.2) is 14.5 Å². The van der Waals surface area contributed by atoms with Crippen molar-refractivity contribution in [3.8, 4) is 20.9 Å². The number of hydrogen-bond acceptors (Lipinski definition) is 3. The molecule has 0 fully saturated rings. The number of thiophene rings is 2. The predicted molar refractivity (Wildman–Crippen MR) is 215 cm³/mol. The van der Waals surface area contributed by atoms with Crippen molar-refractivity contribution in [1.82, 2.24) is 0 Å². The third-order valence-electron chi connectivity index (χ3n) is 11.9. The van der Waals surface area contributed by atoms with Crippen LogP contribution in [0, 0.1) is 0 Å². The van der Waals surface area contributed by atoms with Crippen molar-refractivity contribution in [3.63, 3.8) is 0 Å². The van der Waals surface area contributed by atoms with Gasteiger partial charge in [0.15, 0.2) is 0 Å². The molecular weight excluding hydrogens is 710 g/mol. The van der Waals surface area contributed by atoms with E-state index >= 15 is 0 Å². The van der Waals surface area contributed by atoms with E-state index in [0.717, 1.165) is 0 Å². The Bertz CT molecular complexity index is 2890. The maximum atomic E-state index is 2.67. The molecule has 1 nitrogen and oxygen atoms in total. The summed E-state index contributed by atoms with van der Waals surface area (Å²) >= 11 is 3.97. The molecular formula is C46H29NS2Se. The number of rotatable bonds is 1. The van der Waals surface area contributed by atoms with Gasteiger partial charge in [0.05, 0.1) is 0 Å². The van der Waals surface area contributed by atoms with E-state index in [1.165, 1.54) is 101 Å². The van der Waals surface area contributed by atoms with Crippen molar-refractivity contribution in [2.24, 2.45) is 0 Å². The Morgan fingerprint density at radius 2 is 1.16 bits per heavy atom. The molecule has 3 aromatic heterocycles. The van der Waals surface area contributed by atoms with E-state index in [1.807, 2.05) is 22.7 Å². The van der Waals surface area contributed by atoms with Crippen molar-refractivity contribution >= 4 is 84.3 Å². The van der Waals surface area contributed by atoms with Gasteiger partial charge in [0.25, 0.3) is 0 Å². The first-order valence-electron chi connectivity index (χ1n) is 17.3. The van der Waals surface area contributed by atoms with Gasteiger partial charge in [0.2, 0.25) is 0 Å². The SMILES string of the molecule is CC1(C)c2ccccc2-c2c1ccc1c(N3c4ccccc4C4(c5ccsc5-c5sccc54)c4ccc5c([se]c6ccccc65)c43)cccc21. The van der Waals surface area contributed by atoms with Gasteiger partial charge >= 0.3 is 306 Å². The van der Waals surface area contributed by atoms with E-state index in [-0.39, 0.29) is 25.3 Å². The second kappa shape index (κ2) is 9.54. The molecule has 9 aromatic rings. The van der Waals surface area contributed by atoms with Crippen LogP contribution in [0.5, 0.6) is 0 Å². The van der Waals surface area contributed by atoms with Crippen LogP contribution in [0.2, 0.25) is 0 Å². The van der Waals surface area contributed by atoms with Crippen molar-refractivity contribution in [1.29, 1.82) is 0 Å². The van der Waals surface area contributed by atoms with E-state index < -0.39 is 0 Å². The van der Waals surface area contributed by atoms with E-state index in [9.17, 15) is 0 Å². The van der Waals surface area contributed by atoms with Crippen LogP contribution < -0.4 is 4.90 Å². The van der Waals surface area contributed by atoms with Gasteiger partial charge in [-0.05, 0) is 0 Å². The molecule has 4 heterocycles. The Morgan fingerprint density at radius 1 is 0.500 bits per heavy atom. The molecule has 236 valence electrons. The Labute approximate surface area is 304 Å². The monoisotopic (exact) mass is 739 g/mol. The van der Waals surface area contributed by atoms with Crippen molar-refractivity contribution in [3.05, 3.63) is 172 Å². The van der Waals surface area contributed by atoms with Gasteiger partial charge in [-0.25, -0.2) is 0 Å². The minimum atomic E-state index is -0.359. The molecule has 4 heteroatoms. The Morgan fingerprint density at radius 3 is 2.00 bits per heavy atom. The number of benzene rings is 6. The molecule has 12 rings (SSSR count). The molecule has 0 N–H and O–H groups in total. The van der Waals surface area contributed by atoms with Crippen LogP contribution in [-0.2, 0) is 10.8 Å². The summed E-state index contributed by atoms with van der Waals surface area (Å²) in [5.74, 6) is 0. The normalized spacial score (nSPS) is 15.7.